The highest BCUT2D eigenvalue weighted by Gasteiger charge is 2.11. The molecule has 0 saturated carbocycles. The summed E-state index contributed by atoms with van der Waals surface area (Å²) in [5.41, 5.74) is 0.380. The van der Waals surface area contributed by atoms with Crippen LogP contribution in [0, 0.1) is 5.82 Å². The van der Waals surface area contributed by atoms with E-state index in [-0.39, 0.29) is 5.89 Å². The Morgan fingerprint density at radius 2 is 2.21 bits per heavy atom. The fourth-order valence-electron chi connectivity index (χ4n) is 0.976. The summed E-state index contributed by atoms with van der Waals surface area (Å²) >= 11 is 8.85. The maximum Gasteiger partial charge on any atom is 0.260 e. The van der Waals surface area contributed by atoms with E-state index in [9.17, 15) is 4.39 Å². The van der Waals surface area contributed by atoms with E-state index in [1.54, 1.807) is 0 Å². The van der Waals surface area contributed by atoms with Crippen LogP contribution in [0.4, 0.5) is 4.39 Å². The number of rotatable bonds is 1. The van der Waals surface area contributed by atoms with Crippen molar-refractivity contribution in [2.75, 3.05) is 0 Å². The van der Waals surface area contributed by atoms with E-state index >= 15 is 0 Å². The smallest absolute Gasteiger partial charge is 0.260 e. The van der Waals surface area contributed by atoms with E-state index in [2.05, 4.69) is 26.1 Å². The van der Waals surface area contributed by atoms with Crippen molar-refractivity contribution in [1.29, 1.82) is 0 Å². The highest BCUT2D eigenvalue weighted by atomic mass is 79.9. The second kappa shape index (κ2) is 3.67. The molecule has 0 atom stereocenters. The van der Waals surface area contributed by atoms with Gasteiger partial charge in [-0.2, -0.15) is 4.98 Å². The number of nitrogens with zero attached hydrogens (tertiary/aromatic N) is 2. The average Bonchev–Trinajstić information content (AvgIpc) is 2.56. The van der Waals surface area contributed by atoms with E-state index in [0.29, 0.717) is 15.3 Å². The van der Waals surface area contributed by atoms with Gasteiger partial charge in [0.05, 0.1) is 10.6 Å². The fraction of sp³-hybridized carbons (Fsp3) is 0. The molecule has 2 rings (SSSR count). The molecule has 0 amide bonds. The lowest BCUT2D eigenvalue weighted by Crippen LogP contribution is -1.81. The van der Waals surface area contributed by atoms with Crippen LogP contribution < -0.4 is 0 Å². The predicted octanol–water partition coefficient (Wildman–Crippen LogP) is 3.29. The summed E-state index contributed by atoms with van der Waals surface area (Å²) in [7, 11) is 0. The first-order chi connectivity index (χ1) is 6.66. The van der Waals surface area contributed by atoms with Crippen LogP contribution >= 0.6 is 27.5 Å². The van der Waals surface area contributed by atoms with Crippen molar-refractivity contribution in [2.45, 2.75) is 0 Å². The van der Waals surface area contributed by atoms with Crippen LogP contribution in [0.15, 0.2) is 27.5 Å². The minimum absolute atomic E-state index is 0.182. The molecule has 0 unspecified atom stereocenters. The minimum Gasteiger partial charge on any atom is -0.333 e. The lowest BCUT2D eigenvalue weighted by atomic mass is 10.2. The maximum absolute atomic E-state index is 12.9. The molecular weight excluding hydrogens is 274 g/mol. The molecule has 1 aromatic heterocycles. The number of aromatic nitrogens is 2. The molecule has 0 saturated heterocycles. The summed E-state index contributed by atoms with van der Waals surface area (Å²) in [4.78, 5) is 3.87. The molecule has 0 N–H and O–H groups in total. The standard InChI is InChI=1S/C8H3BrClFN2O/c9-8-12-7(14-13-8)5-3-4(11)1-2-6(5)10/h1-3H. The molecule has 0 bridgehead atoms. The first-order valence-corrected chi connectivity index (χ1v) is 4.78. The zero-order valence-electron chi connectivity index (χ0n) is 6.67. The van der Waals surface area contributed by atoms with E-state index in [1.807, 2.05) is 0 Å². The lowest BCUT2D eigenvalue weighted by molar-refractivity contribution is 0.426. The van der Waals surface area contributed by atoms with Crippen LogP contribution in [0.3, 0.4) is 0 Å². The number of benzene rings is 1. The van der Waals surface area contributed by atoms with Gasteiger partial charge in [-0.15, -0.1) is 0 Å². The Kier molecular flexibility index (Phi) is 2.52. The summed E-state index contributed by atoms with van der Waals surface area (Å²) in [5, 5.41) is 3.88. The quantitative estimate of drug-likeness (QED) is 0.803. The summed E-state index contributed by atoms with van der Waals surface area (Å²) < 4.78 is 18.0. The normalized spacial score (nSPS) is 10.5. The van der Waals surface area contributed by atoms with E-state index in [0.717, 1.165) is 0 Å². The monoisotopic (exact) mass is 276 g/mol. The number of halogens is 3. The SMILES string of the molecule is Fc1ccc(Cl)c(-c2nc(Br)no2)c1. The zero-order valence-corrected chi connectivity index (χ0v) is 9.01. The van der Waals surface area contributed by atoms with Gasteiger partial charge in [0.1, 0.15) is 5.82 Å². The first kappa shape index (κ1) is 9.61. The number of hydrogen-bond donors (Lipinski definition) is 0. The fourth-order valence-corrected chi connectivity index (χ4v) is 1.41. The van der Waals surface area contributed by atoms with Crippen LogP contribution in [0.5, 0.6) is 0 Å². The third-order valence-electron chi connectivity index (χ3n) is 1.56. The maximum atomic E-state index is 12.9. The molecule has 2 aromatic rings. The lowest BCUT2D eigenvalue weighted by Gasteiger charge is -1.97. The van der Waals surface area contributed by atoms with Gasteiger partial charge in [0.25, 0.3) is 5.89 Å². The van der Waals surface area contributed by atoms with Crippen molar-refractivity contribution in [1.82, 2.24) is 10.1 Å². The van der Waals surface area contributed by atoms with E-state index in [1.165, 1.54) is 18.2 Å². The second-order valence-corrected chi connectivity index (χ2v) is 3.61. The van der Waals surface area contributed by atoms with Crippen molar-refractivity contribution in [3.63, 3.8) is 0 Å². The summed E-state index contributed by atoms with van der Waals surface area (Å²) in [6.45, 7) is 0. The third-order valence-corrected chi connectivity index (χ3v) is 2.21. The van der Waals surface area contributed by atoms with Gasteiger partial charge in [-0.3, -0.25) is 0 Å². The Hall–Kier alpha value is -0.940. The minimum atomic E-state index is -0.404. The summed E-state index contributed by atoms with van der Waals surface area (Å²) in [6.07, 6.45) is 0. The molecule has 3 nitrogen and oxygen atoms in total. The molecule has 0 fully saturated rings. The molecule has 0 aliphatic carbocycles. The van der Waals surface area contributed by atoms with Crippen molar-refractivity contribution in [3.05, 3.63) is 33.8 Å². The Bertz CT molecular complexity index is 474. The molecule has 6 heteroatoms. The largest absolute Gasteiger partial charge is 0.333 e. The van der Waals surface area contributed by atoms with Crippen molar-refractivity contribution < 1.29 is 8.91 Å². The van der Waals surface area contributed by atoms with Gasteiger partial charge in [0.2, 0.25) is 4.73 Å². The van der Waals surface area contributed by atoms with Gasteiger partial charge < -0.3 is 4.52 Å². The highest BCUT2D eigenvalue weighted by Crippen LogP contribution is 2.27. The van der Waals surface area contributed by atoms with Gasteiger partial charge in [0.15, 0.2) is 0 Å². The first-order valence-electron chi connectivity index (χ1n) is 3.61. The second-order valence-electron chi connectivity index (χ2n) is 2.49. The van der Waals surface area contributed by atoms with Crippen molar-refractivity contribution in [3.8, 4) is 11.5 Å². The molecule has 14 heavy (non-hydrogen) atoms. The van der Waals surface area contributed by atoms with Gasteiger partial charge in [-0.05, 0) is 39.3 Å². The molecule has 1 heterocycles. The van der Waals surface area contributed by atoms with Gasteiger partial charge >= 0.3 is 0 Å². The molecule has 0 aliphatic heterocycles. The van der Waals surface area contributed by atoms with Crippen LogP contribution in [-0.4, -0.2) is 10.1 Å². The van der Waals surface area contributed by atoms with Crippen molar-refractivity contribution >= 4 is 27.5 Å². The highest BCUT2D eigenvalue weighted by molar-refractivity contribution is 9.10. The summed E-state index contributed by atoms with van der Waals surface area (Å²) in [5.74, 6) is -0.222. The predicted molar refractivity (Wildman–Crippen MR) is 52.4 cm³/mol. The van der Waals surface area contributed by atoms with Gasteiger partial charge in [-0.1, -0.05) is 11.6 Å². The average molecular weight is 277 g/mol. The van der Waals surface area contributed by atoms with E-state index < -0.39 is 5.82 Å². The topological polar surface area (TPSA) is 38.9 Å². The Balaban J connectivity index is 2.55. The Morgan fingerprint density at radius 3 is 2.86 bits per heavy atom. The zero-order chi connectivity index (χ0) is 10.1. The van der Waals surface area contributed by atoms with Crippen LogP contribution in [0.25, 0.3) is 11.5 Å². The molecule has 72 valence electrons. The summed E-state index contributed by atoms with van der Waals surface area (Å²) in [6, 6.07) is 3.93. The van der Waals surface area contributed by atoms with Gasteiger partial charge in [0, 0.05) is 0 Å². The molecule has 1 aromatic carbocycles. The van der Waals surface area contributed by atoms with Gasteiger partial charge in [-0.25, -0.2) is 4.39 Å². The third kappa shape index (κ3) is 1.78. The van der Waals surface area contributed by atoms with E-state index in [4.69, 9.17) is 16.1 Å². The Morgan fingerprint density at radius 1 is 1.43 bits per heavy atom. The molecular formula is C8H3BrClFN2O. The van der Waals surface area contributed by atoms with Crippen molar-refractivity contribution in [2.24, 2.45) is 0 Å². The van der Waals surface area contributed by atoms with Crippen LogP contribution in [0.1, 0.15) is 0 Å². The van der Waals surface area contributed by atoms with Crippen LogP contribution in [-0.2, 0) is 0 Å². The molecule has 0 aliphatic rings. The molecule has 0 radical (unpaired) electrons. The van der Waals surface area contributed by atoms with Crippen LogP contribution in [0.2, 0.25) is 5.02 Å². The molecule has 0 spiro atoms. The Labute approximate surface area is 92.0 Å². The number of hydrogen-bond acceptors (Lipinski definition) is 3.